The summed E-state index contributed by atoms with van der Waals surface area (Å²) in [5.41, 5.74) is 6.53. The number of carbonyl (C=O) groups excluding carboxylic acids is 5. The van der Waals surface area contributed by atoms with Crippen LogP contribution in [0, 0.1) is 19.8 Å². The van der Waals surface area contributed by atoms with Crippen molar-refractivity contribution < 1.29 is 33.4 Å². The quantitative estimate of drug-likeness (QED) is 0.0530. The third-order valence-electron chi connectivity index (χ3n) is 12.7. The number of aromatic nitrogens is 6. The van der Waals surface area contributed by atoms with Gasteiger partial charge in [-0.05, 0) is 93.8 Å². The van der Waals surface area contributed by atoms with Crippen LogP contribution in [0.5, 0.6) is 11.5 Å². The largest absolute Gasteiger partial charge is 0.497 e. The molecule has 4 aromatic carbocycles. The Balaban J connectivity index is 0.835. The van der Waals surface area contributed by atoms with Gasteiger partial charge >= 0.3 is 0 Å². The molecule has 396 valence electrons. The fourth-order valence-electron chi connectivity index (χ4n) is 9.07. The second kappa shape index (κ2) is 24.3. The summed E-state index contributed by atoms with van der Waals surface area (Å²) in [5, 5.41) is 35.1. The van der Waals surface area contributed by atoms with Crippen LogP contribution in [0.4, 0.5) is 5.69 Å². The predicted octanol–water partition coefficient (Wildman–Crippen LogP) is 4.83. The normalized spacial score (nSPS) is 14.7. The molecule has 0 aliphatic carbocycles. The van der Waals surface area contributed by atoms with Gasteiger partial charge in [-0.2, -0.15) is 0 Å². The van der Waals surface area contributed by atoms with Crippen molar-refractivity contribution in [1.29, 1.82) is 0 Å². The van der Waals surface area contributed by atoms with Gasteiger partial charge in [0.05, 0.1) is 62.9 Å². The van der Waals surface area contributed by atoms with Crippen molar-refractivity contribution in [3.8, 4) is 22.9 Å². The number of anilines is 1. The molecule has 0 spiro atoms. The van der Waals surface area contributed by atoms with Crippen LogP contribution in [0.2, 0.25) is 5.02 Å². The maximum absolute atomic E-state index is 13.5. The van der Waals surface area contributed by atoms with E-state index in [4.69, 9.17) is 31.1 Å². The molecule has 6 aromatic rings. The van der Waals surface area contributed by atoms with Gasteiger partial charge in [0.15, 0.2) is 11.6 Å². The minimum atomic E-state index is -0.893. The molecule has 21 nitrogen and oxygen atoms in total. The van der Waals surface area contributed by atoms with E-state index in [1.165, 1.54) is 0 Å². The van der Waals surface area contributed by atoms with Gasteiger partial charge in [0.25, 0.3) is 0 Å². The van der Waals surface area contributed by atoms with E-state index in [2.05, 4.69) is 52.3 Å². The SMILES string of the molecule is CCNC(=O)C[C@@H]1N=C(c2ccc(NCC(=O)NCC(=O)NC(CC(C)C)C(=O)NCCNC(=O)C[C@@H]3N=C(c4ccc(Cl)cc4)c4cc(OC)ccc4-n4c(C)nnc43)cc2)c2cc(OC)ccc2-n2c(C)nnc21. The summed E-state index contributed by atoms with van der Waals surface area (Å²) in [7, 11) is 3.18. The molecule has 76 heavy (non-hydrogen) atoms. The molecule has 2 aliphatic heterocycles. The Hall–Kier alpha value is -8.46. The van der Waals surface area contributed by atoms with Crippen molar-refractivity contribution in [2.75, 3.05) is 52.3 Å². The minimum absolute atomic E-state index is 0.0446. The number of nitrogens with zero attached hydrogens (tertiary/aromatic N) is 8. The molecule has 4 heterocycles. The average Bonchev–Trinajstić information content (AvgIpc) is 3.94. The monoisotopic (exact) mass is 1050 g/mol. The van der Waals surface area contributed by atoms with E-state index in [0.29, 0.717) is 69.9 Å². The smallest absolute Gasteiger partial charge is 0.242 e. The third-order valence-corrected chi connectivity index (χ3v) is 12.9. The van der Waals surface area contributed by atoms with Crippen LogP contribution in [0.25, 0.3) is 11.4 Å². The van der Waals surface area contributed by atoms with E-state index in [-0.39, 0.29) is 56.8 Å². The van der Waals surface area contributed by atoms with E-state index in [0.717, 1.165) is 33.6 Å². The second-order valence-corrected chi connectivity index (χ2v) is 19.0. The number of aryl methyl sites for hydroxylation is 2. The Bertz CT molecular complexity index is 3190. The lowest BCUT2D eigenvalue weighted by Gasteiger charge is -2.20. The van der Waals surface area contributed by atoms with E-state index in [1.807, 2.05) is 117 Å². The van der Waals surface area contributed by atoms with Crippen molar-refractivity contribution >= 4 is 58.2 Å². The van der Waals surface area contributed by atoms with Gasteiger partial charge in [-0.25, -0.2) is 0 Å². The van der Waals surface area contributed by atoms with Gasteiger partial charge in [0.2, 0.25) is 29.5 Å². The zero-order valence-corrected chi connectivity index (χ0v) is 44.1. The average molecular weight is 1050 g/mol. The first-order chi connectivity index (χ1) is 36.6. The molecule has 3 atom stereocenters. The number of nitrogens with one attached hydrogen (secondary N) is 6. The topological polar surface area (TPSA) is 262 Å². The summed E-state index contributed by atoms with van der Waals surface area (Å²) in [6.07, 6.45) is 0.334. The molecule has 8 rings (SSSR count). The Morgan fingerprint density at radius 1 is 0.618 bits per heavy atom. The number of amides is 5. The van der Waals surface area contributed by atoms with Crippen LogP contribution < -0.4 is 41.4 Å². The Kier molecular flexibility index (Phi) is 17.2. The van der Waals surface area contributed by atoms with Gasteiger partial charge in [-0.1, -0.05) is 49.7 Å². The summed E-state index contributed by atoms with van der Waals surface area (Å²) >= 11 is 6.24. The molecule has 0 saturated heterocycles. The fraction of sp³-hybridized carbons (Fsp3) is 0.352. The number of rotatable bonds is 21. The lowest BCUT2D eigenvalue weighted by molar-refractivity contribution is -0.130. The first kappa shape index (κ1) is 53.8. The van der Waals surface area contributed by atoms with Crippen molar-refractivity contribution in [2.45, 2.75) is 72.0 Å². The molecule has 0 saturated carbocycles. The molecule has 2 aromatic heterocycles. The summed E-state index contributed by atoms with van der Waals surface area (Å²) in [6.45, 7) is 9.55. The first-order valence-corrected chi connectivity index (χ1v) is 25.4. The highest BCUT2D eigenvalue weighted by Gasteiger charge is 2.32. The number of methoxy groups -OCH3 is 2. The molecule has 0 fully saturated rings. The zero-order chi connectivity index (χ0) is 54.0. The second-order valence-electron chi connectivity index (χ2n) is 18.6. The highest BCUT2D eigenvalue weighted by Crippen LogP contribution is 2.36. The van der Waals surface area contributed by atoms with Crippen molar-refractivity contribution in [1.82, 2.24) is 56.1 Å². The van der Waals surface area contributed by atoms with Crippen LogP contribution in [0.3, 0.4) is 0 Å². The molecule has 0 radical (unpaired) electrons. The number of hydrogen-bond acceptors (Lipinski definition) is 14. The summed E-state index contributed by atoms with van der Waals surface area (Å²) in [4.78, 5) is 76.2. The number of fused-ring (bicyclic) bond motifs is 6. The summed E-state index contributed by atoms with van der Waals surface area (Å²) in [6, 6.07) is 23.7. The van der Waals surface area contributed by atoms with Crippen LogP contribution in [0.15, 0.2) is 94.9 Å². The molecule has 2 aliphatic rings. The molecule has 22 heteroatoms. The zero-order valence-electron chi connectivity index (χ0n) is 43.4. The number of carbonyl (C=O) groups is 5. The highest BCUT2D eigenvalue weighted by molar-refractivity contribution is 6.30. The lowest BCUT2D eigenvalue weighted by atomic mass is 9.99. The Morgan fingerprint density at radius 2 is 1.13 bits per heavy atom. The number of benzene rings is 4. The molecule has 5 amide bonds. The summed E-state index contributed by atoms with van der Waals surface area (Å²) < 4.78 is 15.0. The predicted molar refractivity (Wildman–Crippen MR) is 287 cm³/mol. The highest BCUT2D eigenvalue weighted by atomic mass is 35.5. The lowest BCUT2D eigenvalue weighted by Crippen LogP contribution is -2.51. The molecular weight excluding hydrogens is 992 g/mol. The van der Waals surface area contributed by atoms with Crippen molar-refractivity contribution in [3.63, 3.8) is 0 Å². The Morgan fingerprint density at radius 3 is 1.64 bits per heavy atom. The first-order valence-electron chi connectivity index (χ1n) is 25.0. The molecule has 1 unspecified atom stereocenters. The van der Waals surface area contributed by atoms with E-state index in [1.54, 1.807) is 26.4 Å². The third kappa shape index (κ3) is 12.5. The molecule has 0 bridgehead atoms. The van der Waals surface area contributed by atoms with Gasteiger partial charge < -0.3 is 41.4 Å². The van der Waals surface area contributed by atoms with Crippen LogP contribution in [-0.2, 0) is 24.0 Å². The maximum atomic E-state index is 13.5. The van der Waals surface area contributed by atoms with Crippen molar-refractivity contribution in [3.05, 3.63) is 136 Å². The van der Waals surface area contributed by atoms with Gasteiger partial charge in [0.1, 0.15) is 41.3 Å². The number of ether oxygens (including phenoxy) is 2. The van der Waals surface area contributed by atoms with Crippen LogP contribution >= 0.6 is 11.6 Å². The number of halogens is 1. The van der Waals surface area contributed by atoms with E-state index < -0.39 is 35.8 Å². The van der Waals surface area contributed by atoms with Gasteiger partial charge in [-0.3, -0.25) is 43.1 Å². The van der Waals surface area contributed by atoms with E-state index in [9.17, 15) is 24.0 Å². The number of aliphatic imine (C=N–C) groups is 2. The van der Waals surface area contributed by atoms with Crippen LogP contribution in [0.1, 0.15) is 97.7 Å². The maximum Gasteiger partial charge on any atom is 0.242 e. The molecule has 6 N–H and O–H groups in total. The molecular formula is C54H61ClN14O7. The number of hydrogen-bond donors (Lipinski definition) is 6. The Labute approximate surface area is 444 Å². The van der Waals surface area contributed by atoms with Gasteiger partial charge in [0, 0.05) is 52.6 Å². The standard InChI is InChI=1S/C54H61ClN14O7/c1-8-56-46(70)26-41-52-66-64-31(4)68(52)45-20-18-38(76-7)25-40(45)51(62-41)34-11-15-36(16-12-34)59-28-48(72)60-29-49(73)61-43(23-30(2)3)54(74)58-22-21-57-47(71)27-42-53-67-65-32(5)69(53)44-19-17-37(75-6)24-39(44)50(63-42)33-9-13-35(55)14-10-33/h9-20,24-25,30,41-43,59H,8,21-23,26-29H2,1-7H3,(H,56,70)(H,57,71)(H,58,74)(H,60,72)(H,61,73)/t41-,42-,43?/m0/s1. The van der Waals surface area contributed by atoms with Crippen LogP contribution in [-0.4, -0.2) is 123 Å². The van der Waals surface area contributed by atoms with E-state index >= 15 is 0 Å². The minimum Gasteiger partial charge on any atom is -0.497 e. The summed E-state index contributed by atoms with van der Waals surface area (Å²) in [5.74, 6) is 1.68. The fourth-order valence-corrected chi connectivity index (χ4v) is 9.19. The van der Waals surface area contributed by atoms with Crippen molar-refractivity contribution in [2.24, 2.45) is 15.9 Å². The van der Waals surface area contributed by atoms with Gasteiger partial charge in [-0.15, -0.1) is 20.4 Å².